The van der Waals surface area contributed by atoms with E-state index in [2.05, 4.69) is 38.2 Å². The van der Waals surface area contributed by atoms with Gasteiger partial charge in [0.15, 0.2) is 0 Å². The molecule has 11 heavy (non-hydrogen) atoms. The van der Waals surface area contributed by atoms with Crippen molar-refractivity contribution in [1.29, 1.82) is 0 Å². The summed E-state index contributed by atoms with van der Waals surface area (Å²) in [5.74, 6) is 0. The van der Waals surface area contributed by atoms with Crippen LogP contribution in [0.3, 0.4) is 0 Å². The Morgan fingerprint density at radius 2 is 1.36 bits per heavy atom. The maximum atomic E-state index is 2.21. The first kappa shape index (κ1) is 10.5. The summed E-state index contributed by atoms with van der Waals surface area (Å²) < 4.78 is 0. The van der Waals surface area contributed by atoms with Crippen molar-refractivity contribution < 1.29 is 0 Å². The van der Waals surface area contributed by atoms with E-state index in [1.165, 1.54) is 32.1 Å². The molecule has 0 bridgehead atoms. The van der Waals surface area contributed by atoms with Crippen molar-refractivity contribution in [3.05, 3.63) is 24.3 Å². The van der Waals surface area contributed by atoms with E-state index in [0.717, 1.165) is 0 Å². The molecule has 1 aliphatic carbocycles. The third-order valence-electron chi connectivity index (χ3n) is 1.59. The number of hydrogen-bond acceptors (Lipinski definition) is 0. The molecule has 0 aliphatic heterocycles. The molecule has 0 amide bonds. The lowest BCUT2D eigenvalue weighted by Gasteiger charge is -1.88. The van der Waals surface area contributed by atoms with Gasteiger partial charge < -0.3 is 0 Å². The molecule has 0 heteroatoms. The van der Waals surface area contributed by atoms with Crippen LogP contribution < -0.4 is 0 Å². The summed E-state index contributed by atoms with van der Waals surface area (Å²) in [7, 11) is 0. The lowest BCUT2D eigenvalue weighted by atomic mass is 10.2. The Kier molecular flexibility index (Phi) is 9.03. The van der Waals surface area contributed by atoms with Gasteiger partial charge >= 0.3 is 0 Å². The van der Waals surface area contributed by atoms with Gasteiger partial charge in [-0.25, -0.2) is 0 Å². The van der Waals surface area contributed by atoms with Crippen molar-refractivity contribution >= 4 is 0 Å². The van der Waals surface area contributed by atoms with Gasteiger partial charge in [-0.2, -0.15) is 0 Å². The maximum Gasteiger partial charge on any atom is -0.0313 e. The predicted octanol–water partition coefficient (Wildman–Crippen LogP) is 4.09. The Balaban J connectivity index is 0.000000187. The molecule has 0 radical (unpaired) electrons. The molecule has 0 aromatic rings. The average molecular weight is 152 g/mol. The number of allylic oxidation sites excluding steroid dienone is 4. The summed E-state index contributed by atoms with van der Waals surface area (Å²) in [5.41, 5.74) is 0. The lowest BCUT2D eigenvalue weighted by Crippen LogP contribution is -1.67. The minimum absolute atomic E-state index is 1.23. The second-order valence-corrected chi connectivity index (χ2v) is 2.79. The average Bonchev–Trinajstić information content (AvgIpc) is 2.10. The first-order valence-electron chi connectivity index (χ1n) is 4.73. The van der Waals surface area contributed by atoms with Crippen LogP contribution in [0.4, 0.5) is 0 Å². The third-order valence-corrected chi connectivity index (χ3v) is 1.59. The number of rotatable bonds is 2. The lowest BCUT2D eigenvalue weighted by molar-refractivity contribution is 0.772. The van der Waals surface area contributed by atoms with E-state index >= 15 is 0 Å². The smallest absolute Gasteiger partial charge is 0.0313 e. The van der Waals surface area contributed by atoms with E-state index in [0.29, 0.717) is 0 Å². The fraction of sp³-hybridized carbons (Fsp3) is 0.636. The molecule has 0 aromatic carbocycles. The van der Waals surface area contributed by atoms with Gasteiger partial charge in [0.1, 0.15) is 0 Å². The minimum Gasteiger partial charge on any atom is -0.0842 e. The zero-order valence-corrected chi connectivity index (χ0v) is 7.84. The molecular formula is C11H20. The molecule has 0 fully saturated rings. The SMILES string of the molecule is C1=CCCC=C1.CCCCC. The summed E-state index contributed by atoms with van der Waals surface area (Å²) >= 11 is 0. The Labute approximate surface area is 71.0 Å². The Bertz CT molecular complexity index is 95.2. The molecule has 0 heterocycles. The van der Waals surface area contributed by atoms with Crippen LogP contribution in [0.15, 0.2) is 24.3 Å². The maximum absolute atomic E-state index is 2.21. The van der Waals surface area contributed by atoms with E-state index < -0.39 is 0 Å². The molecule has 0 saturated heterocycles. The van der Waals surface area contributed by atoms with Crippen LogP contribution in [0.25, 0.3) is 0 Å². The Hall–Kier alpha value is -0.520. The van der Waals surface area contributed by atoms with Crippen molar-refractivity contribution in [3.8, 4) is 0 Å². The molecule has 0 N–H and O–H groups in total. The Morgan fingerprint density at radius 1 is 0.909 bits per heavy atom. The molecule has 1 aliphatic rings. The zero-order valence-electron chi connectivity index (χ0n) is 7.84. The summed E-state index contributed by atoms with van der Waals surface area (Å²) in [4.78, 5) is 0. The summed E-state index contributed by atoms with van der Waals surface area (Å²) in [6.07, 6.45) is 15.1. The highest BCUT2D eigenvalue weighted by atomic mass is 13.8. The highest BCUT2D eigenvalue weighted by molar-refractivity contribution is 5.07. The fourth-order valence-corrected chi connectivity index (χ4v) is 0.896. The molecule has 1 rings (SSSR count). The van der Waals surface area contributed by atoms with E-state index in [9.17, 15) is 0 Å². The Morgan fingerprint density at radius 3 is 1.45 bits per heavy atom. The molecule has 0 unspecified atom stereocenters. The summed E-state index contributed by atoms with van der Waals surface area (Å²) in [5, 5.41) is 0. The van der Waals surface area contributed by atoms with Crippen LogP contribution in [-0.2, 0) is 0 Å². The highest BCUT2D eigenvalue weighted by Gasteiger charge is 1.77. The fourth-order valence-electron chi connectivity index (χ4n) is 0.896. The standard InChI is InChI=1S/C6H8.C5H12/c1-2-4-6-5-3-1;1-3-5-4-2/h1-4H,5-6H2;3-5H2,1-2H3. The minimum atomic E-state index is 1.23. The number of hydrogen-bond donors (Lipinski definition) is 0. The van der Waals surface area contributed by atoms with Crippen LogP contribution in [0.2, 0.25) is 0 Å². The van der Waals surface area contributed by atoms with Gasteiger partial charge in [0.25, 0.3) is 0 Å². The van der Waals surface area contributed by atoms with Gasteiger partial charge in [0.2, 0.25) is 0 Å². The normalized spacial score (nSPS) is 14.0. The topological polar surface area (TPSA) is 0 Å². The molecule has 0 aromatic heterocycles. The van der Waals surface area contributed by atoms with E-state index in [-0.39, 0.29) is 0 Å². The third kappa shape index (κ3) is 9.48. The van der Waals surface area contributed by atoms with Gasteiger partial charge in [-0.05, 0) is 12.8 Å². The molecule has 64 valence electrons. The van der Waals surface area contributed by atoms with Crippen molar-refractivity contribution in [2.45, 2.75) is 46.0 Å². The van der Waals surface area contributed by atoms with Crippen LogP contribution >= 0.6 is 0 Å². The van der Waals surface area contributed by atoms with E-state index in [1.54, 1.807) is 0 Å². The van der Waals surface area contributed by atoms with Gasteiger partial charge in [-0.1, -0.05) is 57.4 Å². The highest BCUT2D eigenvalue weighted by Crippen LogP contribution is 1.98. The molecule has 0 spiro atoms. The molecule has 0 nitrogen and oxygen atoms in total. The van der Waals surface area contributed by atoms with Gasteiger partial charge in [0.05, 0.1) is 0 Å². The molecule has 0 atom stereocenters. The van der Waals surface area contributed by atoms with Crippen molar-refractivity contribution in [2.24, 2.45) is 0 Å². The molecule has 0 saturated carbocycles. The van der Waals surface area contributed by atoms with Crippen LogP contribution in [0, 0.1) is 0 Å². The number of unbranched alkanes of at least 4 members (excludes halogenated alkanes) is 2. The predicted molar refractivity (Wildman–Crippen MR) is 52.7 cm³/mol. The van der Waals surface area contributed by atoms with Crippen LogP contribution in [-0.4, -0.2) is 0 Å². The quantitative estimate of drug-likeness (QED) is 0.559. The second kappa shape index (κ2) is 9.48. The largest absolute Gasteiger partial charge is 0.0842 e. The zero-order chi connectivity index (χ0) is 8.36. The summed E-state index contributed by atoms with van der Waals surface area (Å²) in [6.45, 7) is 4.42. The second-order valence-electron chi connectivity index (χ2n) is 2.79. The molecular weight excluding hydrogens is 132 g/mol. The van der Waals surface area contributed by atoms with Gasteiger partial charge in [-0.3, -0.25) is 0 Å². The van der Waals surface area contributed by atoms with Crippen LogP contribution in [0.5, 0.6) is 0 Å². The van der Waals surface area contributed by atoms with Crippen molar-refractivity contribution in [2.75, 3.05) is 0 Å². The van der Waals surface area contributed by atoms with Gasteiger partial charge in [-0.15, -0.1) is 0 Å². The van der Waals surface area contributed by atoms with Crippen molar-refractivity contribution in [1.82, 2.24) is 0 Å². The first-order valence-corrected chi connectivity index (χ1v) is 4.73. The van der Waals surface area contributed by atoms with E-state index in [1.807, 2.05) is 0 Å². The van der Waals surface area contributed by atoms with E-state index in [4.69, 9.17) is 0 Å². The monoisotopic (exact) mass is 152 g/mol. The van der Waals surface area contributed by atoms with Crippen molar-refractivity contribution in [3.63, 3.8) is 0 Å². The van der Waals surface area contributed by atoms with Gasteiger partial charge in [0, 0.05) is 0 Å². The first-order chi connectivity index (χ1) is 5.41. The summed E-state index contributed by atoms with van der Waals surface area (Å²) in [6, 6.07) is 0. The van der Waals surface area contributed by atoms with Crippen LogP contribution in [0.1, 0.15) is 46.0 Å².